The summed E-state index contributed by atoms with van der Waals surface area (Å²) in [7, 11) is -3.64. The van der Waals surface area contributed by atoms with Gasteiger partial charge in [-0.05, 0) is 6.92 Å². The van der Waals surface area contributed by atoms with Crippen LogP contribution >= 0.6 is 22.9 Å². The highest BCUT2D eigenvalue weighted by atomic mass is 35.5. The molecule has 0 aliphatic carbocycles. The van der Waals surface area contributed by atoms with Gasteiger partial charge in [0.25, 0.3) is 0 Å². The summed E-state index contributed by atoms with van der Waals surface area (Å²) in [6.45, 7) is 1.54. The Bertz CT molecular complexity index is 369. The SMILES string of the molecule is Cc1nc(Cl)sc1S(N)(=O)=O. The van der Waals surface area contributed by atoms with Gasteiger partial charge in [0, 0.05) is 0 Å². The van der Waals surface area contributed by atoms with Crippen molar-refractivity contribution in [1.29, 1.82) is 0 Å². The topological polar surface area (TPSA) is 73.0 Å². The van der Waals surface area contributed by atoms with Crippen molar-refractivity contribution in [3.8, 4) is 0 Å². The zero-order valence-electron chi connectivity index (χ0n) is 5.54. The molecule has 0 bridgehead atoms. The van der Waals surface area contributed by atoms with Crippen molar-refractivity contribution in [2.45, 2.75) is 11.1 Å². The second-order valence-electron chi connectivity index (χ2n) is 1.88. The molecule has 11 heavy (non-hydrogen) atoms. The highest BCUT2D eigenvalue weighted by molar-refractivity contribution is 7.91. The molecule has 0 radical (unpaired) electrons. The van der Waals surface area contributed by atoms with Crippen molar-refractivity contribution in [2.75, 3.05) is 0 Å². The lowest BCUT2D eigenvalue weighted by Crippen LogP contribution is -2.11. The molecular weight excluding hydrogens is 208 g/mol. The molecule has 0 fully saturated rings. The number of hydrogen-bond acceptors (Lipinski definition) is 4. The number of aryl methyl sites for hydroxylation is 1. The van der Waals surface area contributed by atoms with E-state index in [2.05, 4.69) is 4.98 Å². The summed E-state index contributed by atoms with van der Waals surface area (Å²) in [4.78, 5) is 3.70. The van der Waals surface area contributed by atoms with E-state index < -0.39 is 10.0 Å². The van der Waals surface area contributed by atoms with Crippen LogP contribution < -0.4 is 5.14 Å². The van der Waals surface area contributed by atoms with Gasteiger partial charge in [0.1, 0.15) is 0 Å². The van der Waals surface area contributed by atoms with E-state index in [1.54, 1.807) is 6.92 Å². The molecular formula is C4H5ClN2O2S2. The normalized spacial score (nSPS) is 11.9. The minimum Gasteiger partial charge on any atom is -0.229 e. The lowest BCUT2D eigenvalue weighted by molar-refractivity contribution is 0.599. The number of halogens is 1. The van der Waals surface area contributed by atoms with Gasteiger partial charge in [0.2, 0.25) is 10.0 Å². The quantitative estimate of drug-likeness (QED) is 0.747. The Labute approximate surface area is 73.1 Å². The van der Waals surface area contributed by atoms with Gasteiger partial charge in [-0.1, -0.05) is 22.9 Å². The summed E-state index contributed by atoms with van der Waals surface area (Å²) in [5.74, 6) is 0. The van der Waals surface area contributed by atoms with Crippen molar-refractivity contribution in [2.24, 2.45) is 5.14 Å². The van der Waals surface area contributed by atoms with E-state index >= 15 is 0 Å². The number of primary sulfonamides is 1. The summed E-state index contributed by atoms with van der Waals surface area (Å²) in [5, 5.41) is 4.85. The molecule has 4 nitrogen and oxygen atoms in total. The average molecular weight is 213 g/mol. The average Bonchev–Trinajstić information content (AvgIpc) is 2.08. The number of hydrogen-bond donors (Lipinski definition) is 1. The van der Waals surface area contributed by atoms with Crippen molar-refractivity contribution >= 4 is 33.0 Å². The van der Waals surface area contributed by atoms with Crippen LogP contribution in [0.3, 0.4) is 0 Å². The van der Waals surface area contributed by atoms with Crippen molar-refractivity contribution in [3.63, 3.8) is 0 Å². The summed E-state index contributed by atoms with van der Waals surface area (Å²) < 4.78 is 21.7. The van der Waals surface area contributed by atoms with Crippen molar-refractivity contribution in [3.05, 3.63) is 10.2 Å². The van der Waals surface area contributed by atoms with Crippen LogP contribution in [0.4, 0.5) is 0 Å². The van der Waals surface area contributed by atoms with E-state index in [1.807, 2.05) is 0 Å². The summed E-state index contributed by atoms with van der Waals surface area (Å²) in [5.41, 5.74) is 0.350. The maximum absolute atomic E-state index is 10.8. The molecule has 0 aliphatic rings. The first kappa shape index (κ1) is 8.92. The van der Waals surface area contributed by atoms with Gasteiger partial charge in [0.15, 0.2) is 8.68 Å². The van der Waals surface area contributed by atoms with Gasteiger partial charge < -0.3 is 0 Å². The molecule has 1 aromatic heterocycles. The fraction of sp³-hybridized carbons (Fsp3) is 0.250. The summed E-state index contributed by atoms with van der Waals surface area (Å²) in [6, 6.07) is 0. The standard InChI is InChI=1S/C4H5ClN2O2S2/c1-2-3(11(6,8)9)10-4(5)7-2/h1H3,(H2,6,8,9). The fourth-order valence-electron chi connectivity index (χ4n) is 0.615. The zero-order chi connectivity index (χ0) is 8.65. The number of rotatable bonds is 1. The van der Waals surface area contributed by atoms with Crippen LogP contribution in [0.15, 0.2) is 4.21 Å². The Morgan fingerprint density at radius 3 is 2.36 bits per heavy atom. The first-order chi connectivity index (χ1) is 4.91. The molecule has 0 saturated carbocycles. The molecule has 62 valence electrons. The zero-order valence-corrected chi connectivity index (χ0v) is 7.92. The smallest absolute Gasteiger partial charge is 0.229 e. The van der Waals surface area contributed by atoms with Crippen molar-refractivity contribution < 1.29 is 8.42 Å². The van der Waals surface area contributed by atoms with E-state index in [4.69, 9.17) is 16.7 Å². The molecule has 7 heteroatoms. The summed E-state index contributed by atoms with van der Waals surface area (Å²) >= 11 is 6.32. The van der Waals surface area contributed by atoms with E-state index in [1.165, 1.54) is 0 Å². The second-order valence-corrected chi connectivity index (χ2v) is 5.22. The van der Waals surface area contributed by atoms with Crippen LogP contribution in [0.2, 0.25) is 4.47 Å². The molecule has 1 rings (SSSR count). The van der Waals surface area contributed by atoms with E-state index in [-0.39, 0.29) is 8.68 Å². The Balaban J connectivity index is 3.36. The Morgan fingerprint density at radius 2 is 2.18 bits per heavy atom. The number of sulfonamides is 1. The molecule has 0 amide bonds. The molecule has 0 saturated heterocycles. The Hall–Kier alpha value is -0.170. The van der Waals surface area contributed by atoms with Crippen LogP contribution in [-0.2, 0) is 10.0 Å². The molecule has 2 N–H and O–H groups in total. The maximum atomic E-state index is 10.8. The van der Waals surface area contributed by atoms with E-state index in [0.29, 0.717) is 5.69 Å². The molecule has 0 aliphatic heterocycles. The lowest BCUT2D eigenvalue weighted by atomic mass is 10.6. The first-order valence-corrected chi connectivity index (χ1v) is 5.31. The van der Waals surface area contributed by atoms with Gasteiger partial charge in [-0.2, -0.15) is 0 Å². The maximum Gasteiger partial charge on any atom is 0.249 e. The molecule has 0 atom stereocenters. The van der Waals surface area contributed by atoms with Gasteiger partial charge in [-0.25, -0.2) is 18.5 Å². The second kappa shape index (κ2) is 2.71. The number of nitrogens with two attached hydrogens (primary N) is 1. The molecule has 1 heterocycles. The minimum absolute atomic E-state index is 0.0301. The van der Waals surface area contributed by atoms with Gasteiger partial charge in [-0.3, -0.25) is 0 Å². The van der Waals surface area contributed by atoms with Crippen LogP contribution in [0.1, 0.15) is 5.69 Å². The van der Waals surface area contributed by atoms with Crippen LogP contribution in [-0.4, -0.2) is 13.4 Å². The van der Waals surface area contributed by atoms with Gasteiger partial charge in [0.05, 0.1) is 5.69 Å². The third-order valence-corrected chi connectivity index (χ3v) is 3.80. The van der Waals surface area contributed by atoms with Crippen LogP contribution in [0, 0.1) is 6.92 Å². The monoisotopic (exact) mass is 212 g/mol. The fourth-order valence-corrected chi connectivity index (χ4v) is 2.80. The molecule has 0 spiro atoms. The lowest BCUT2D eigenvalue weighted by Gasteiger charge is -1.90. The van der Waals surface area contributed by atoms with Crippen LogP contribution in [0.25, 0.3) is 0 Å². The predicted molar refractivity (Wildman–Crippen MR) is 43.2 cm³/mol. The Kier molecular flexibility index (Phi) is 2.19. The minimum atomic E-state index is -3.64. The van der Waals surface area contributed by atoms with Gasteiger partial charge in [-0.15, -0.1) is 0 Å². The molecule has 0 unspecified atom stereocenters. The van der Waals surface area contributed by atoms with Crippen LogP contribution in [0.5, 0.6) is 0 Å². The summed E-state index contributed by atoms with van der Waals surface area (Å²) in [6.07, 6.45) is 0. The highest BCUT2D eigenvalue weighted by Crippen LogP contribution is 2.25. The third-order valence-electron chi connectivity index (χ3n) is 0.986. The van der Waals surface area contributed by atoms with E-state index in [9.17, 15) is 8.42 Å². The Morgan fingerprint density at radius 1 is 1.64 bits per heavy atom. The number of aromatic nitrogens is 1. The van der Waals surface area contributed by atoms with Crippen molar-refractivity contribution in [1.82, 2.24) is 4.98 Å². The van der Waals surface area contributed by atoms with E-state index in [0.717, 1.165) is 11.3 Å². The third kappa shape index (κ3) is 1.90. The number of thiazole rings is 1. The highest BCUT2D eigenvalue weighted by Gasteiger charge is 2.16. The molecule has 1 aromatic rings. The predicted octanol–water partition coefficient (Wildman–Crippen LogP) is 0.752. The first-order valence-electron chi connectivity index (χ1n) is 2.57. The number of nitrogens with zero attached hydrogens (tertiary/aromatic N) is 1. The molecule has 0 aromatic carbocycles. The largest absolute Gasteiger partial charge is 0.249 e. The van der Waals surface area contributed by atoms with Gasteiger partial charge >= 0.3 is 0 Å².